The fourth-order valence-electron chi connectivity index (χ4n) is 1.38. The molecule has 0 saturated heterocycles. The molecule has 0 bridgehead atoms. The predicted octanol–water partition coefficient (Wildman–Crippen LogP) is 3.21. The second kappa shape index (κ2) is 4.86. The molecule has 0 N–H and O–H groups in total. The van der Waals surface area contributed by atoms with Crippen molar-refractivity contribution in [1.29, 1.82) is 0 Å². The highest BCUT2D eigenvalue weighted by atomic mass is 35.6. The van der Waals surface area contributed by atoms with Crippen LogP contribution in [0.15, 0.2) is 30.9 Å². The van der Waals surface area contributed by atoms with Crippen LogP contribution in [0.5, 0.6) is 5.75 Å². The third-order valence-corrected chi connectivity index (χ3v) is 4.41. The van der Waals surface area contributed by atoms with Gasteiger partial charge in [0.15, 0.2) is 7.38 Å². The number of hydrogen-bond donors (Lipinski definition) is 0. The Bertz CT molecular complexity index is 355. The highest BCUT2D eigenvalue weighted by Gasteiger charge is 2.24. The monoisotopic (exact) mass is 240 g/mol. The van der Waals surface area contributed by atoms with E-state index in [2.05, 4.69) is 32.7 Å². The van der Waals surface area contributed by atoms with E-state index in [4.69, 9.17) is 15.8 Å². The Balaban J connectivity index is 3.09. The van der Waals surface area contributed by atoms with E-state index in [0.29, 0.717) is 6.61 Å². The fraction of sp³-hybridized carbons (Fsp3) is 0.333. The van der Waals surface area contributed by atoms with Gasteiger partial charge in [-0.05, 0) is 18.2 Å². The van der Waals surface area contributed by atoms with Gasteiger partial charge in [-0.25, -0.2) is 0 Å². The Hall–Kier alpha value is -0.733. The minimum Gasteiger partial charge on any atom is -0.490 e. The zero-order valence-corrected chi connectivity index (χ0v) is 11.3. The van der Waals surface area contributed by atoms with Gasteiger partial charge in [0.25, 0.3) is 0 Å². The third kappa shape index (κ3) is 3.40. The van der Waals surface area contributed by atoms with Crippen LogP contribution >= 0.6 is 11.1 Å². The second-order valence-electron chi connectivity index (χ2n) is 4.07. The second-order valence-corrected chi connectivity index (χ2v) is 10.4. The van der Waals surface area contributed by atoms with E-state index in [9.17, 15) is 0 Å². The first-order chi connectivity index (χ1) is 6.95. The van der Waals surface area contributed by atoms with Crippen LogP contribution < -0.4 is 9.92 Å². The van der Waals surface area contributed by atoms with Gasteiger partial charge in [-0.3, -0.25) is 0 Å². The molecule has 0 spiro atoms. The van der Waals surface area contributed by atoms with E-state index in [1.54, 1.807) is 6.08 Å². The summed E-state index contributed by atoms with van der Waals surface area (Å²) in [5.74, 6) is 0.896. The van der Waals surface area contributed by atoms with Gasteiger partial charge < -0.3 is 4.74 Å². The first-order valence-corrected chi connectivity index (χ1v) is 9.00. The molecule has 0 aliphatic rings. The van der Waals surface area contributed by atoms with Gasteiger partial charge in [0.2, 0.25) is 0 Å². The van der Waals surface area contributed by atoms with Gasteiger partial charge in [0.05, 0.1) is 0 Å². The van der Waals surface area contributed by atoms with Crippen LogP contribution in [0.2, 0.25) is 13.1 Å². The van der Waals surface area contributed by atoms with Crippen molar-refractivity contribution in [2.24, 2.45) is 0 Å². The summed E-state index contributed by atoms with van der Waals surface area (Å²) in [5.41, 5.74) is 1.22. The van der Waals surface area contributed by atoms with Crippen LogP contribution in [-0.2, 0) is 0 Å². The van der Waals surface area contributed by atoms with Crippen LogP contribution in [0.3, 0.4) is 0 Å². The Kier molecular flexibility index (Phi) is 4.00. The van der Waals surface area contributed by atoms with Crippen molar-refractivity contribution in [3.8, 4) is 5.75 Å². The highest BCUT2D eigenvalue weighted by Crippen LogP contribution is 2.18. The Labute approximate surface area is 97.4 Å². The summed E-state index contributed by atoms with van der Waals surface area (Å²) in [7, 11) is -1.85. The molecule has 82 valence electrons. The smallest absolute Gasteiger partial charge is 0.185 e. The normalized spacial score (nSPS) is 11.2. The topological polar surface area (TPSA) is 9.23 Å². The third-order valence-electron chi connectivity index (χ3n) is 2.13. The maximum atomic E-state index is 6.45. The SMILES string of the molecule is C=CCOc1ccc(C)cc1[Si](C)(C)Cl. The zero-order chi connectivity index (χ0) is 11.5. The molecule has 0 aliphatic carbocycles. The molecular formula is C12H17ClOSi. The number of benzene rings is 1. The number of rotatable bonds is 4. The number of ether oxygens (including phenoxy) is 1. The maximum Gasteiger partial charge on any atom is 0.185 e. The van der Waals surface area contributed by atoms with Crippen molar-refractivity contribution in [3.63, 3.8) is 0 Å². The molecule has 3 heteroatoms. The lowest BCUT2D eigenvalue weighted by molar-refractivity contribution is 0.366. The summed E-state index contributed by atoms with van der Waals surface area (Å²) < 4.78 is 5.60. The molecule has 0 heterocycles. The van der Waals surface area contributed by atoms with Crippen molar-refractivity contribution < 1.29 is 4.74 Å². The van der Waals surface area contributed by atoms with E-state index in [0.717, 1.165) is 10.9 Å². The Morgan fingerprint density at radius 3 is 2.67 bits per heavy atom. The lowest BCUT2D eigenvalue weighted by Gasteiger charge is -2.18. The molecule has 0 radical (unpaired) electrons. The van der Waals surface area contributed by atoms with Gasteiger partial charge in [-0.2, -0.15) is 11.1 Å². The van der Waals surface area contributed by atoms with Crippen LogP contribution in [0, 0.1) is 6.92 Å². The average Bonchev–Trinajstić information content (AvgIpc) is 2.14. The van der Waals surface area contributed by atoms with Gasteiger partial charge in [0, 0.05) is 0 Å². The molecule has 0 atom stereocenters. The lowest BCUT2D eigenvalue weighted by atomic mass is 10.2. The van der Waals surface area contributed by atoms with Crippen molar-refractivity contribution in [2.75, 3.05) is 6.61 Å². The minimum absolute atomic E-state index is 0.525. The molecule has 1 rings (SSSR count). The van der Waals surface area contributed by atoms with E-state index in [-0.39, 0.29) is 0 Å². The molecule has 0 saturated carbocycles. The summed E-state index contributed by atoms with van der Waals surface area (Å²) in [5, 5.41) is 1.16. The van der Waals surface area contributed by atoms with Crippen molar-refractivity contribution in [3.05, 3.63) is 36.4 Å². The average molecular weight is 241 g/mol. The van der Waals surface area contributed by atoms with E-state index < -0.39 is 7.38 Å². The van der Waals surface area contributed by atoms with E-state index in [1.807, 2.05) is 12.1 Å². The zero-order valence-electron chi connectivity index (χ0n) is 9.51. The molecule has 1 nitrogen and oxygen atoms in total. The first-order valence-electron chi connectivity index (χ1n) is 4.99. The summed E-state index contributed by atoms with van der Waals surface area (Å²) in [6, 6.07) is 6.15. The molecule has 0 aliphatic heterocycles. The van der Waals surface area contributed by atoms with Crippen LogP contribution in [-0.4, -0.2) is 14.0 Å². The first kappa shape index (κ1) is 12.3. The molecule has 1 aromatic carbocycles. The van der Waals surface area contributed by atoms with Crippen molar-refractivity contribution in [2.45, 2.75) is 20.0 Å². The summed E-state index contributed by atoms with van der Waals surface area (Å²) in [4.78, 5) is 0. The Morgan fingerprint density at radius 1 is 1.47 bits per heavy atom. The van der Waals surface area contributed by atoms with E-state index in [1.165, 1.54) is 5.56 Å². The molecule has 0 unspecified atom stereocenters. The van der Waals surface area contributed by atoms with Gasteiger partial charge in [-0.1, -0.05) is 43.4 Å². The predicted molar refractivity (Wildman–Crippen MR) is 69.8 cm³/mol. The largest absolute Gasteiger partial charge is 0.490 e. The number of hydrogen-bond acceptors (Lipinski definition) is 1. The molecular weight excluding hydrogens is 224 g/mol. The quantitative estimate of drug-likeness (QED) is 0.446. The van der Waals surface area contributed by atoms with Crippen LogP contribution in [0.25, 0.3) is 0 Å². The standard InChI is InChI=1S/C12H17ClOSi/c1-5-8-14-11-7-6-10(2)9-12(11)15(3,4)13/h5-7,9H,1,8H2,2-4H3. The van der Waals surface area contributed by atoms with Crippen molar-refractivity contribution in [1.82, 2.24) is 0 Å². The van der Waals surface area contributed by atoms with E-state index >= 15 is 0 Å². The number of halogens is 1. The summed E-state index contributed by atoms with van der Waals surface area (Å²) >= 11 is 6.45. The van der Waals surface area contributed by atoms with Gasteiger partial charge >= 0.3 is 0 Å². The maximum absolute atomic E-state index is 6.45. The minimum atomic E-state index is -1.85. The molecule has 15 heavy (non-hydrogen) atoms. The Morgan fingerprint density at radius 2 is 2.13 bits per heavy atom. The molecule has 0 aromatic heterocycles. The molecule has 0 amide bonds. The summed E-state index contributed by atoms with van der Waals surface area (Å²) in [6.07, 6.45) is 1.74. The van der Waals surface area contributed by atoms with Gasteiger partial charge in [-0.15, -0.1) is 0 Å². The van der Waals surface area contributed by atoms with Crippen LogP contribution in [0.1, 0.15) is 5.56 Å². The van der Waals surface area contributed by atoms with Gasteiger partial charge in [0.1, 0.15) is 12.4 Å². The fourth-order valence-corrected chi connectivity index (χ4v) is 3.14. The summed E-state index contributed by atoms with van der Waals surface area (Å²) in [6.45, 7) is 10.4. The van der Waals surface area contributed by atoms with Crippen LogP contribution in [0.4, 0.5) is 0 Å². The molecule has 0 fully saturated rings. The lowest BCUT2D eigenvalue weighted by Crippen LogP contribution is -2.36. The highest BCUT2D eigenvalue weighted by molar-refractivity contribution is 7.26. The van der Waals surface area contributed by atoms with Crippen molar-refractivity contribution >= 4 is 23.6 Å². The number of aryl methyl sites for hydroxylation is 1. The molecule has 1 aromatic rings.